The second kappa shape index (κ2) is 5.80. The molecule has 0 amide bonds. The van der Waals surface area contributed by atoms with Crippen molar-refractivity contribution in [2.45, 2.75) is 45.6 Å². The number of halogens is 2. The Balaban J connectivity index is 2.17. The summed E-state index contributed by atoms with van der Waals surface area (Å²) in [5, 5.41) is 3.99. The molecule has 0 radical (unpaired) electrons. The fraction of sp³-hybridized carbons (Fsp3) is 0.625. The Kier molecular flexibility index (Phi) is 4.52. The predicted octanol–water partition coefficient (Wildman–Crippen LogP) is 4.44. The highest BCUT2D eigenvalue weighted by atomic mass is 35.5. The van der Waals surface area contributed by atoms with Gasteiger partial charge in [0.15, 0.2) is 0 Å². The number of rotatable bonds is 4. The first-order valence-electron chi connectivity index (χ1n) is 7.05. The van der Waals surface area contributed by atoms with E-state index in [1.807, 2.05) is 7.05 Å². The maximum absolute atomic E-state index is 13.9. The van der Waals surface area contributed by atoms with Gasteiger partial charge in [0.2, 0.25) is 0 Å². The summed E-state index contributed by atoms with van der Waals surface area (Å²) in [5.74, 6) is 0.441. The molecule has 1 aliphatic carbocycles. The molecular weight excluding hydrogens is 261 g/mol. The molecule has 1 fully saturated rings. The van der Waals surface area contributed by atoms with Crippen LogP contribution < -0.4 is 5.32 Å². The third-order valence-electron chi connectivity index (χ3n) is 4.64. The van der Waals surface area contributed by atoms with Gasteiger partial charge in [-0.15, -0.1) is 0 Å². The van der Waals surface area contributed by atoms with Crippen LogP contribution in [0.4, 0.5) is 4.39 Å². The van der Waals surface area contributed by atoms with Crippen LogP contribution in [-0.4, -0.2) is 13.1 Å². The number of likely N-dealkylation sites (N-methyl/N-ethyl adjacent to an activating group) is 1. The zero-order chi connectivity index (χ0) is 14.0. The minimum Gasteiger partial charge on any atom is -0.316 e. The molecule has 0 heterocycles. The molecule has 2 unspecified atom stereocenters. The Morgan fingerprint density at radius 2 is 2.21 bits per heavy atom. The lowest BCUT2D eigenvalue weighted by Crippen LogP contribution is -2.40. The zero-order valence-corrected chi connectivity index (χ0v) is 12.7. The van der Waals surface area contributed by atoms with Crippen molar-refractivity contribution in [3.05, 3.63) is 34.6 Å². The molecule has 1 aromatic rings. The van der Waals surface area contributed by atoms with Gasteiger partial charge in [-0.1, -0.05) is 31.9 Å². The van der Waals surface area contributed by atoms with Gasteiger partial charge < -0.3 is 5.32 Å². The summed E-state index contributed by atoms with van der Waals surface area (Å²) in [6, 6.07) is 5.13. The van der Waals surface area contributed by atoms with E-state index in [1.54, 1.807) is 12.1 Å². The summed E-state index contributed by atoms with van der Waals surface area (Å²) >= 11 is 5.97. The Morgan fingerprint density at radius 3 is 2.79 bits per heavy atom. The standard InChI is InChI=1S/C16H23ClFN/c1-16(2)8-4-5-13(16)15(19-3)10-11-9-12(17)6-7-14(11)18/h6-7,9,13,15,19H,4-5,8,10H2,1-3H3. The van der Waals surface area contributed by atoms with E-state index >= 15 is 0 Å². The first kappa shape index (κ1) is 14.8. The van der Waals surface area contributed by atoms with Gasteiger partial charge in [-0.2, -0.15) is 0 Å². The molecule has 3 heteroatoms. The van der Waals surface area contributed by atoms with E-state index in [0.717, 1.165) is 5.56 Å². The van der Waals surface area contributed by atoms with Crippen molar-refractivity contribution < 1.29 is 4.39 Å². The molecule has 1 nitrogen and oxygen atoms in total. The number of hydrogen-bond donors (Lipinski definition) is 1. The van der Waals surface area contributed by atoms with E-state index in [9.17, 15) is 4.39 Å². The van der Waals surface area contributed by atoms with Crippen LogP contribution in [0.1, 0.15) is 38.7 Å². The molecule has 1 N–H and O–H groups in total. The Labute approximate surface area is 120 Å². The smallest absolute Gasteiger partial charge is 0.126 e. The third kappa shape index (κ3) is 3.29. The molecule has 1 aromatic carbocycles. The minimum atomic E-state index is -0.152. The van der Waals surface area contributed by atoms with Crippen molar-refractivity contribution in [3.63, 3.8) is 0 Å². The summed E-state index contributed by atoms with van der Waals surface area (Å²) in [7, 11) is 1.97. The molecule has 2 rings (SSSR count). The second-order valence-corrected chi connectivity index (χ2v) is 6.76. The summed E-state index contributed by atoms with van der Waals surface area (Å²) in [5.41, 5.74) is 1.05. The van der Waals surface area contributed by atoms with Gasteiger partial charge in [0, 0.05) is 11.1 Å². The maximum atomic E-state index is 13.9. The summed E-state index contributed by atoms with van der Waals surface area (Å²) in [4.78, 5) is 0. The van der Waals surface area contributed by atoms with E-state index < -0.39 is 0 Å². The zero-order valence-electron chi connectivity index (χ0n) is 12.0. The first-order valence-corrected chi connectivity index (χ1v) is 7.43. The van der Waals surface area contributed by atoms with Crippen LogP contribution in [0, 0.1) is 17.2 Å². The van der Waals surface area contributed by atoms with Crippen molar-refractivity contribution >= 4 is 11.6 Å². The van der Waals surface area contributed by atoms with Crippen LogP contribution in [0.5, 0.6) is 0 Å². The molecule has 0 aromatic heterocycles. The average Bonchev–Trinajstić information content (AvgIpc) is 2.70. The van der Waals surface area contributed by atoms with E-state index in [4.69, 9.17) is 11.6 Å². The highest BCUT2D eigenvalue weighted by Crippen LogP contribution is 2.45. The minimum absolute atomic E-state index is 0.152. The third-order valence-corrected chi connectivity index (χ3v) is 4.88. The predicted molar refractivity (Wildman–Crippen MR) is 79.1 cm³/mol. The van der Waals surface area contributed by atoms with Gasteiger partial charge in [0.1, 0.15) is 5.82 Å². The largest absolute Gasteiger partial charge is 0.316 e. The van der Waals surface area contributed by atoms with Gasteiger partial charge in [-0.3, -0.25) is 0 Å². The van der Waals surface area contributed by atoms with Crippen LogP contribution in [0.3, 0.4) is 0 Å². The van der Waals surface area contributed by atoms with Gasteiger partial charge in [0.25, 0.3) is 0 Å². The summed E-state index contributed by atoms with van der Waals surface area (Å²) in [6.07, 6.45) is 4.46. The number of hydrogen-bond acceptors (Lipinski definition) is 1. The van der Waals surface area contributed by atoms with Crippen molar-refractivity contribution in [3.8, 4) is 0 Å². The molecule has 1 aliphatic rings. The molecular formula is C16H23ClFN. The van der Waals surface area contributed by atoms with E-state index in [-0.39, 0.29) is 5.82 Å². The molecule has 19 heavy (non-hydrogen) atoms. The normalized spacial score (nSPS) is 23.5. The topological polar surface area (TPSA) is 12.0 Å². The second-order valence-electron chi connectivity index (χ2n) is 6.32. The van der Waals surface area contributed by atoms with E-state index in [1.165, 1.54) is 25.3 Å². The quantitative estimate of drug-likeness (QED) is 0.862. The van der Waals surface area contributed by atoms with Crippen molar-refractivity contribution in [2.75, 3.05) is 7.05 Å². The Bertz CT molecular complexity index is 444. The molecule has 1 saturated carbocycles. The molecule has 106 valence electrons. The van der Waals surface area contributed by atoms with Crippen molar-refractivity contribution in [1.82, 2.24) is 5.32 Å². The van der Waals surface area contributed by atoms with Gasteiger partial charge in [0.05, 0.1) is 0 Å². The van der Waals surface area contributed by atoms with Crippen LogP contribution in [0.15, 0.2) is 18.2 Å². The Hall–Kier alpha value is -0.600. The number of benzene rings is 1. The fourth-order valence-corrected chi connectivity index (χ4v) is 3.68. The van der Waals surface area contributed by atoms with Crippen LogP contribution in [-0.2, 0) is 6.42 Å². The molecule has 0 spiro atoms. The maximum Gasteiger partial charge on any atom is 0.126 e. The molecule has 0 bridgehead atoms. The van der Waals surface area contributed by atoms with Crippen molar-refractivity contribution in [1.29, 1.82) is 0 Å². The molecule has 0 aliphatic heterocycles. The summed E-state index contributed by atoms with van der Waals surface area (Å²) in [6.45, 7) is 4.65. The SMILES string of the molecule is CNC(Cc1cc(Cl)ccc1F)C1CCCC1(C)C. The molecule has 2 atom stereocenters. The highest BCUT2D eigenvalue weighted by molar-refractivity contribution is 6.30. The van der Waals surface area contributed by atoms with Crippen molar-refractivity contribution in [2.24, 2.45) is 11.3 Å². The van der Waals surface area contributed by atoms with E-state index in [2.05, 4.69) is 19.2 Å². The fourth-order valence-electron chi connectivity index (χ4n) is 3.48. The lowest BCUT2D eigenvalue weighted by Gasteiger charge is -2.34. The average molecular weight is 284 g/mol. The summed E-state index contributed by atoms with van der Waals surface area (Å²) < 4.78 is 13.9. The van der Waals surface area contributed by atoms with Crippen LogP contribution in [0.2, 0.25) is 5.02 Å². The Morgan fingerprint density at radius 1 is 1.47 bits per heavy atom. The van der Waals surface area contributed by atoms with Crippen LogP contribution in [0.25, 0.3) is 0 Å². The lowest BCUT2D eigenvalue weighted by atomic mass is 9.76. The number of nitrogens with one attached hydrogen (secondary N) is 1. The monoisotopic (exact) mass is 283 g/mol. The van der Waals surface area contributed by atoms with Gasteiger partial charge in [-0.05, 0) is 61.4 Å². The lowest BCUT2D eigenvalue weighted by molar-refractivity contribution is 0.201. The van der Waals surface area contributed by atoms with E-state index in [0.29, 0.717) is 28.8 Å². The van der Waals surface area contributed by atoms with Crippen LogP contribution >= 0.6 is 11.6 Å². The highest BCUT2D eigenvalue weighted by Gasteiger charge is 2.39. The first-order chi connectivity index (χ1) is 8.94. The van der Waals surface area contributed by atoms with Gasteiger partial charge in [-0.25, -0.2) is 4.39 Å². The molecule has 0 saturated heterocycles. The van der Waals surface area contributed by atoms with Gasteiger partial charge >= 0.3 is 0 Å².